The molecule has 4 aliphatic rings. The highest BCUT2D eigenvalue weighted by Crippen LogP contribution is 2.51. The standard InChI is InChI=1S/C27H40FN5O2/c1-16-8-17-10-18(9-16)14-27(2,13-17)15-35-24-12-22(28)21(11-20(24)19-5-6-19)26(34)33-7-3-4-23(33)25(31-29)32-30/h11-12,16-19,23H,3-10,13-15,29-30H2,1-2H3,(H,31,32). The van der Waals surface area contributed by atoms with E-state index in [1.165, 1.54) is 38.2 Å². The number of amidine groups is 1. The lowest BCUT2D eigenvalue weighted by molar-refractivity contribution is 0.0143. The van der Waals surface area contributed by atoms with Crippen LogP contribution in [0.15, 0.2) is 17.2 Å². The number of likely N-dealkylation sites (tertiary alicyclic amines) is 1. The van der Waals surface area contributed by atoms with Crippen LogP contribution in [0.3, 0.4) is 0 Å². The summed E-state index contributed by atoms with van der Waals surface area (Å²) < 4.78 is 21.8. The second-order valence-corrected chi connectivity index (χ2v) is 12.0. The lowest BCUT2D eigenvalue weighted by atomic mass is 9.60. The van der Waals surface area contributed by atoms with E-state index in [1.54, 1.807) is 11.0 Å². The Bertz CT molecular complexity index is 976. The lowest BCUT2D eigenvalue weighted by Crippen LogP contribution is -2.48. The number of nitrogens with two attached hydrogens (primary N) is 2. The van der Waals surface area contributed by atoms with Gasteiger partial charge in [0.25, 0.3) is 5.91 Å². The summed E-state index contributed by atoms with van der Waals surface area (Å²) in [5, 5.41) is 3.68. The van der Waals surface area contributed by atoms with Gasteiger partial charge >= 0.3 is 0 Å². The highest BCUT2D eigenvalue weighted by atomic mass is 19.1. The van der Waals surface area contributed by atoms with Crippen molar-refractivity contribution in [3.63, 3.8) is 0 Å². The quantitative estimate of drug-likeness (QED) is 0.241. The number of carbonyl (C=O) groups excluding carboxylic acids is 1. The van der Waals surface area contributed by atoms with Crippen molar-refractivity contribution < 1.29 is 13.9 Å². The Balaban J connectivity index is 1.34. The molecule has 192 valence electrons. The van der Waals surface area contributed by atoms with E-state index in [1.807, 2.05) is 0 Å². The number of carbonyl (C=O) groups is 1. The van der Waals surface area contributed by atoms with Gasteiger partial charge in [0, 0.05) is 18.0 Å². The zero-order valence-electron chi connectivity index (χ0n) is 21.1. The molecule has 7 nitrogen and oxygen atoms in total. The fourth-order valence-corrected chi connectivity index (χ4v) is 7.32. The molecule has 35 heavy (non-hydrogen) atoms. The molecule has 1 heterocycles. The van der Waals surface area contributed by atoms with Crippen LogP contribution in [0.1, 0.15) is 93.5 Å². The molecule has 1 aromatic rings. The second-order valence-electron chi connectivity index (χ2n) is 12.0. The first-order valence-electron chi connectivity index (χ1n) is 13.3. The van der Waals surface area contributed by atoms with E-state index < -0.39 is 5.82 Å². The number of hydrazine groups is 1. The largest absolute Gasteiger partial charge is 0.493 e. The van der Waals surface area contributed by atoms with Gasteiger partial charge < -0.3 is 20.9 Å². The first-order chi connectivity index (χ1) is 16.8. The van der Waals surface area contributed by atoms with Gasteiger partial charge in [0.15, 0.2) is 5.84 Å². The van der Waals surface area contributed by atoms with Gasteiger partial charge in [-0.05, 0) is 93.1 Å². The summed E-state index contributed by atoms with van der Waals surface area (Å²) in [5.41, 5.74) is 3.65. The number of nitrogens with zero attached hydrogens (tertiary/aromatic N) is 2. The second kappa shape index (κ2) is 9.60. The normalized spacial score (nSPS) is 33.0. The molecule has 0 spiro atoms. The smallest absolute Gasteiger partial charge is 0.257 e. The van der Waals surface area contributed by atoms with Crippen LogP contribution >= 0.6 is 0 Å². The SMILES string of the molecule is CC1CC2CC(C1)CC(C)(COc1cc(F)c(C(=O)N3CCCC3/C(=N/N)NN)cc1C1CC1)C2. The number of rotatable bonds is 6. The van der Waals surface area contributed by atoms with Crippen LogP contribution in [-0.4, -0.2) is 35.8 Å². The molecule has 2 bridgehead atoms. The van der Waals surface area contributed by atoms with Crippen LogP contribution in [0.4, 0.5) is 4.39 Å². The van der Waals surface area contributed by atoms with Crippen molar-refractivity contribution >= 4 is 11.7 Å². The van der Waals surface area contributed by atoms with Gasteiger partial charge in [0.05, 0.1) is 18.2 Å². The van der Waals surface area contributed by atoms with E-state index >= 15 is 4.39 Å². The van der Waals surface area contributed by atoms with Crippen LogP contribution in [0, 0.1) is 29.0 Å². The molecule has 3 aliphatic carbocycles. The Labute approximate surface area is 207 Å². The number of nitrogens with one attached hydrogen (secondary N) is 1. The molecule has 0 aromatic heterocycles. The average molecular weight is 486 g/mol. The molecule has 0 radical (unpaired) electrons. The van der Waals surface area contributed by atoms with Gasteiger partial charge in [-0.25, -0.2) is 10.2 Å². The van der Waals surface area contributed by atoms with Gasteiger partial charge in [-0.15, -0.1) is 0 Å². The van der Waals surface area contributed by atoms with Gasteiger partial charge in [-0.2, -0.15) is 5.10 Å². The Hall–Kier alpha value is -2.35. The zero-order valence-corrected chi connectivity index (χ0v) is 21.1. The fraction of sp³-hybridized carbons (Fsp3) is 0.704. The number of hydrazone groups is 1. The predicted molar refractivity (Wildman–Crippen MR) is 134 cm³/mol. The number of benzene rings is 1. The number of ether oxygens (including phenoxy) is 1. The molecule has 8 heteroatoms. The predicted octanol–water partition coefficient (Wildman–Crippen LogP) is 4.27. The van der Waals surface area contributed by atoms with E-state index in [0.29, 0.717) is 37.1 Å². The lowest BCUT2D eigenvalue weighted by Gasteiger charge is -2.47. The summed E-state index contributed by atoms with van der Waals surface area (Å²) in [6, 6.07) is 2.81. The maximum Gasteiger partial charge on any atom is 0.257 e. The topological polar surface area (TPSA) is 106 Å². The van der Waals surface area contributed by atoms with Crippen LogP contribution in [0.25, 0.3) is 0 Å². The van der Waals surface area contributed by atoms with Gasteiger partial charge in [0.1, 0.15) is 11.6 Å². The van der Waals surface area contributed by atoms with Crippen LogP contribution in [-0.2, 0) is 0 Å². The van der Waals surface area contributed by atoms with Crippen molar-refractivity contribution in [2.45, 2.75) is 83.6 Å². The molecule has 3 atom stereocenters. The fourth-order valence-electron chi connectivity index (χ4n) is 7.32. The molecular weight excluding hydrogens is 445 g/mol. The number of halogens is 1. The van der Waals surface area contributed by atoms with E-state index in [9.17, 15) is 4.79 Å². The third kappa shape index (κ3) is 4.99. The number of hydrogen-bond acceptors (Lipinski definition) is 5. The molecule has 3 saturated carbocycles. The van der Waals surface area contributed by atoms with Crippen molar-refractivity contribution in [2.75, 3.05) is 13.2 Å². The first kappa shape index (κ1) is 24.3. The van der Waals surface area contributed by atoms with E-state index in [2.05, 4.69) is 24.4 Å². The number of amides is 1. The number of fused-ring (bicyclic) bond motifs is 2. The van der Waals surface area contributed by atoms with E-state index in [0.717, 1.165) is 42.6 Å². The Kier molecular flexibility index (Phi) is 6.68. The molecule has 5 rings (SSSR count). The minimum atomic E-state index is -0.536. The maximum absolute atomic E-state index is 15.4. The summed E-state index contributed by atoms with van der Waals surface area (Å²) in [7, 11) is 0. The monoisotopic (exact) mass is 485 g/mol. The molecule has 1 aromatic carbocycles. The van der Waals surface area contributed by atoms with Crippen LogP contribution in [0.2, 0.25) is 0 Å². The minimum Gasteiger partial charge on any atom is -0.493 e. The highest BCUT2D eigenvalue weighted by molar-refractivity contribution is 5.99. The first-order valence-corrected chi connectivity index (χ1v) is 13.3. The van der Waals surface area contributed by atoms with Crippen LogP contribution in [0.5, 0.6) is 5.75 Å². The molecular formula is C27H40FN5O2. The van der Waals surface area contributed by atoms with Crippen molar-refractivity contribution in [2.24, 2.45) is 40.0 Å². The molecule has 1 amide bonds. The molecule has 1 aliphatic heterocycles. The summed E-state index contributed by atoms with van der Waals surface area (Å²) in [4.78, 5) is 15.0. The molecule has 5 N–H and O–H groups in total. The summed E-state index contributed by atoms with van der Waals surface area (Å²) in [6.07, 6.45) is 9.91. The third-order valence-corrected chi connectivity index (χ3v) is 8.74. The van der Waals surface area contributed by atoms with Gasteiger partial charge in [0.2, 0.25) is 0 Å². The summed E-state index contributed by atoms with van der Waals surface area (Å²) >= 11 is 0. The number of hydrogen-bond donors (Lipinski definition) is 3. The van der Waals surface area contributed by atoms with Crippen molar-refractivity contribution in [3.05, 3.63) is 29.1 Å². The molecule has 4 fully saturated rings. The zero-order chi connectivity index (χ0) is 24.7. The van der Waals surface area contributed by atoms with E-state index in [-0.39, 0.29) is 22.9 Å². The van der Waals surface area contributed by atoms with Crippen molar-refractivity contribution in [1.29, 1.82) is 0 Å². The van der Waals surface area contributed by atoms with Gasteiger partial charge in [-0.1, -0.05) is 13.8 Å². The third-order valence-electron chi connectivity index (χ3n) is 8.74. The van der Waals surface area contributed by atoms with Crippen molar-refractivity contribution in [3.8, 4) is 5.75 Å². The van der Waals surface area contributed by atoms with Gasteiger partial charge in [-0.3, -0.25) is 4.79 Å². The Morgan fingerprint density at radius 2 is 1.94 bits per heavy atom. The summed E-state index contributed by atoms with van der Waals surface area (Å²) in [5.74, 6) is 13.8. The van der Waals surface area contributed by atoms with Crippen LogP contribution < -0.4 is 21.8 Å². The molecule has 3 unspecified atom stereocenters. The van der Waals surface area contributed by atoms with Crippen molar-refractivity contribution in [1.82, 2.24) is 10.3 Å². The highest BCUT2D eigenvalue weighted by Gasteiger charge is 2.42. The summed E-state index contributed by atoms with van der Waals surface area (Å²) in [6.45, 7) is 5.84. The Morgan fingerprint density at radius 3 is 2.57 bits per heavy atom. The Morgan fingerprint density at radius 1 is 1.23 bits per heavy atom. The molecule has 1 saturated heterocycles. The minimum absolute atomic E-state index is 0.0898. The van der Waals surface area contributed by atoms with E-state index in [4.69, 9.17) is 16.4 Å². The average Bonchev–Trinajstić information content (AvgIpc) is 3.54. The maximum atomic E-state index is 15.4.